The van der Waals surface area contributed by atoms with Crippen molar-refractivity contribution in [3.05, 3.63) is 11.1 Å². The third-order valence-corrected chi connectivity index (χ3v) is 2.16. The fourth-order valence-electron chi connectivity index (χ4n) is 1.09. The van der Waals surface area contributed by atoms with E-state index in [4.69, 9.17) is 0 Å². The molecular weight excluding hydrogens is 214 g/mol. The summed E-state index contributed by atoms with van der Waals surface area (Å²) in [5, 5.41) is 3.39. The van der Waals surface area contributed by atoms with Crippen molar-refractivity contribution >= 4 is 15.9 Å². The van der Waals surface area contributed by atoms with Gasteiger partial charge in [0.15, 0.2) is 0 Å². The first-order valence-electron chi connectivity index (χ1n) is 4.73. The molecular formula is C10H20BrN. The largest absolute Gasteiger partial charge is 0.310 e. The van der Waals surface area contributed by atoms with Crippen molar-refractivity contribution in [3.63, 3.8) is 0 Å². The Kier molecular flexibility index (Phi) is 7.93. The highest BCUT2D eigenvalue weighted by Crippen LogP contribution is 2.04. The number of unbranched alkanes of at least 4 members (excludes halogenated alkanes) is 2. The Bertz CT molecular complexity index is 123. The van der Waals surface area contributed by atoms with Gasteiger partial charge in [-0.25, -0.2) is 0 Å². The van der Waals surface area contributed by atoms with Crippen LogP contribution in [-0.4, -0.2) is 12.6 Å². The SMILES string of the molecule is C=C(Br)CNC(C)CCCCC. The van der Waals surface area contributed by atoms with Gasteiger partial charge < -0.3 is 5.32 Å². The second-order valence-electron chi connectivity index (χ2n) is 3.29. The van der Waals surface area contributed by atoms with Crippen LogP contribution in [0.5, 0.6) is 0 Å². The van der Waals surface area contributed by atoms with E-state index in [0.29, 0.717) is 6.04 Å². The van der Waals surface area contributed by atoms with Gasteiger partial charge in [-0.2, -0.15) is 0 Å². The molecule has 72 valence electrons. The summed E-state index contributed by atoms with van der Waals surface area (Å²) in [5.74, 6) is 0. The molecule has 0 amide bonds. The standard InChI is InChI=1S/C10H20BrN/c1-4-5-6-7-10(3)12-8-9(2)11/h10,12H,2,4-8H2,1,3H3. The minimum absolute atomic E-state index is 0.617. The van der Waals surface area contributed by atoms with Crippen molar-refractivity contribution in [3.8, 4) is 0 Å². The van der Waals surface area contributed by atoms with Gasteiger partial charge in [0.05, 0.1) is 0 Å². The molecule has 0 fully saturated rings. The molecule has 12 heavy (non-hydrogen) atoms. The molecule has 1 unspecified atom stereocenters. The number of halogens is 1. The van der Waals surface area contributed by atoms with Crippen molar-refractivity contribution < 1.29 is 0 Å². The highest BCUT2D eigenvalue weighted by Gasteiger charge is 1.99. The average molecular weight is 234 g/mol. The molecule has 0 aliphatic heterocycles. The first kappa shape index (κ1) is 12.2. The molecule has 0 rings (SSSR count). The lowest BCUT2D eigenvalue weighted by Crippen LogP contribution is -2.26. The maximum Gasteiger partial charge on any atom is 0.0268 e. The van der Waals surface area contributed by atoms with Crippen molar-refractivity contribution in [1.82, 2.24) is 5.32 Å². The highest BCUT2D eigenvalue weighted by molar-refractivity contribution is 9.11. The van der Waals surface area contributed by atoms with E-state index in [1.54, 1.807) is 0 Å². The van der Waals surface area contributed by atoms with Gasteiger partial charge >= 0.3 is 0 Å². The second-order valence-corrected chi connectivity index (χ2v) is 4.42. The van der Waals surface area contributed by atoms with Gasteiger partial charge in [-0.1, -0.05) is 48.7 Å². The smallest absolute Gasteiger partial charge is 0.0268 e. The average Bonchev–Trinajstić information content (AvgIpc) is 2.01. The van der Waals surface area contributed by atoms with Crippen molar-refractivity contribution in [2.75, 3.05) is 6.54 Å². The van der Waals surface area contributed by atoms with Crippen LogP contribution in [0.15, 0.2) is 11.1 Å². The molecule has 0 aromatic rings. The summed E-state index contributed by atoms with van der Waals surface area (Å²) in [5.41, 5.74) is 0. The van der Waals surface area contributed by atoms with Gasteiger partial charge in [0.25, 0.3) is 0 Å². The monoisotopic (exact) mass is 233 g/mol. The van der Waals surface area contributed by atoms with Gasteiger partial charge in [0, 0.05) is 17.1 Å². The second kappa shape index (κ2) is 7.81. The van der Waals surface area contributed by atoms with E-state index in [1.165, 1.54) is 25.7 Å². The van der Waals surface area contributed by atoms with E-state index in [-0.39, 0.29) is 0 Å². The van der Waals surface area contributed by atoms with E-state index in [2.05, 4.69) is 41.7 Å². The van der Waals surface area contributed by atoms with Gasteiger partial charge in [-0.3, -0.25) is 0 Å². The molecule has 0 bridgehead atoms. The fourth-order valence-corrected chi connectivity index (χ4v) is 1.25. The summed E-state index contributed by atoms with van der Waals surface area (Å²) >= 11 is 3.33. The number of nitrogens with one attached hydrogen (secondary N) is 1. The molecule has 1 nitrogen and oxygen atoms in total. The van der Waals surface area contributed by atoms with Crippen LogP contribution in [0.2, 0.25) is 0 Å². The molecule has 0 saturated heterocycles. The van der Waals surface area contributed by atoms with Crippen LogP contribution >= 0.6 is 15.9 Å². The molecule has 1 atom stereocenters. The zero-order valence-electron chi connectivity index (χ0n) is 8.20. The molecule has 0 spiro atoms. The van der Waals surface area contributed by atoms with E-state index in [0.717, 1.165) is 11.0 Å². The molecule has 1 N–H and O–H groups in total. The lowest BCUT2D eigenvalue weighted by Gasteiger charge is -2.12. The minimum atomic E-state index is 0.617. The Morgan fingerprint density at radius 2 is 2.17 bits per heavy atom. The van der Waals surface area contributed by atoms with E-state index in [9.17, 15) is 0 Å². The minimum Gasteiger partial charge on any atom is -0.310 e. The van der Waals surface area contributed by atoms with Crippen LogP contribution in [0.25, 0.3) is 0 Å². The zero-order chi connectivity index (χ0) is 9.40. The van der Waals surface area contributed by atoms with Gasteiger partial charge in [0.2, 0.25) is 0 Å². The van der Waals surface area contributed by atoms with Gasteiger partial charge in [0.1, 0.15) is 0 Å². The van der Waals surface area contributed by atoms with Crippen molar-refractivity contribution in [2.45, 2.75) is 45.6 Å². The fraction of sp³-hybridized carbons (Fsp3) is 0.800. The quantitative estimate of drug-likeness (QED) is 0.665. The summed E-state index contributed by atoms with van der Waals surface area (Å²) in [6.07, 6.45) is 5.26. The van der Waals surface area contributed by atoms with Crippen LogP contribution in [0.3, 0.4) is 0 Å². The number of hydrogen-bond acceptors (Lipinski definition) is 1. The molecule has 2 heteroatoms. The number of hydrogen-bond donors (Lipinski definition) is 1. The molecule has 0 saturated carbocycles. The van der Waals surface area contributed by atoms with Crippen LogP contribution < -0.4 is 5.32 Å². The molecule has 0 heterocycles. The van der Waals surface area contributed by atoms with E-state index >= 15 is 0 Å². The third kappa shape index (κ3) is 8.28. The normalized spacial score (nSPS) is 12.9. The Hall–Kier alpha value is 0.180. The summed E-state index contributed by atoms with van der Waals surface area (Å²) in [6.45, 7) is 9.12. The highest BCUT2D eigenvalue weighted by atomic mass is 79.9. The van der Waals surface area contributed by atoms with E-state index < -0.39 is 0 Å². The lowest BCUT2D eigenvalue weighted by atomic mass is 10.1. The molecule has 0 aliphatic carbocycles. The third-order valence-electron chi connectivity index (χ3n) is 1.88. The van der Waals surface area contributed by atoms with Crippen LogP contribution in [0.1, 0.15) is 39.5 Å². The van der Waals surface area contributed by atoms with Crippen LogP contribution in [-0.2, 0) is 0 Å². The predicted octanol–water partition coefficient (Wildman–Crippen LogP) is 3.45. The maximum atomic E-state index is 3.78. The van der Waals surface area contributed by atoms with Gasteiger partial charge in [-0.05, 0) is 13.3 Å². The Morgan fingerprint density at radius 3 is 2.67 bits per heavy atom. The summed E-state index contributed by atoms with van der Waals surface area (Å²) < 4.78 is 1.03. The molecule has 0 aromatic heterocycles. The lowest BCUT2D eigenvalue weighted by molar-refractivity contribution is 0.508. The summed E-state index contributed by atoms with van der Waals surface area (Å²) in [4.78, 5) is 0. The first-order valence-corrected chi connectivity index (χ1v) is 5.52. The van der Waals surface area contributed by atoms with Gasteiger partial charge in [-0.15, -0.1) is 0 Å². The Morgan fingerprint density at radius 1 is 1.50 bits per heavy atom. The predicted molar refractivity (Wildman–Crippen MR) is 59.7 cm³/mol. The van der Waals surface area contributed by atoms with Crippen LogP contribution in [0.4, 0.5) is 0 Å². The van der Waals surface area contributed by atoms with Crippen molar-refractivity contribution in [1.29, 1.82) is 0 Å². The Balaban J connectivity index is 3.21. The topological polar surface area (TPSA) is 12.0 Å². The Labute approximate surface area is 84.8 Å². The number of rotatable bonds is 7. The summed E-state index contributed by atoms with van der Waals surface area (Å²) in [7, 11) is 0. The zero-order valence-corrected chi connectivity index (χ0v) is 9.78. The molecule has 0 aliphatic rings. The summed E-state index contributed by atoms with van der Waals surface area (Å²) in [6, 6.07) is 0.617. The maximum absolute atomic E-state index is 3.78. The van der Waals surface area contributed by atoms with E-state index in [1.807, 2.05) is 0 Å². The van der Waals surface area contributed by atoms with Crippen molar-refractivity contribution in [2.24, 2.45) is 0 Å². The first-order chi connectivity index (χ1) is 5.66. The molecule has 0 aromatic carbocycles. The van der Waals surface area contributed by atoms with Crippen LogP contribution in [0, 0.1) is 0 Å². The molecule has 0 radical (unpaired) electrons.